The van der Waals surface area contributed by atoms with E-state index in [2.05, 4.69) is 10.3 Å². The van der Waals surface area contributed by atoms with Crippen LogP contribution in [0.2, 0.25) is 0 Å². The third kappa shape index (κ3) is 3.66. The van der Waals surface area contributed by atoms with Crippen LogP contribution in [0.3, 0.4) is 0 Å². The molecule has 0 saturated carbocycles. The summed E-state index contributed by atoms with van der Waals surface area (Å²) >= 11 is 0. The first-order chi connectivity index (χ1) is 8.74. The Balaban J connectivity index is 1.74. The normalized spacial score (nSPS) is 10.1. The molecule has 4 heteroatoms. The molecule has 3 N–H and O–H groups in total. The molecule has 0 radical (unpaired) electrons. The van der Waals surface area contributed by atoms with Gasteiger partial charge in [-0.3, -0.25) is 4.98 Å². The molecule has 1 heterocycles. The van der Waals surface area contributed by atoms with Crippen molar-refractivity contribution >= 4 is 11.4 Å². The molecule has 0 saturated heterocycles. The Hall–Kier alpha value is -2.23. The van der Waals surface area contributed by atoms with Crippen molar-refractivity contribution in [2.24, 2.45) is 0 Å². The van der Waals surface area contributed by atoms with E-state index in [1.54, 1.807) is 6.20 Å². The number of nitrogens with zero attached hydrogens (tertiary/aromatic N) is 1. The maximum atomic E-state index is 5.60. The van der Waals surface area contributed by atoms with Crippen LogP contribution in [-0.2, 0) is 0 Å². The lowest BCUT2D eigenvalue weighted by atomic mass is 10.3. The molecule has 94 valence electrons. The molecule has 0 amide bonds. The molecule has 0 spiro atoms. The molecule has 0 unspecified atom stereocenters. The minimum absolute atomic E-state index is 0.602. The van der Waals surface area contributed by atoms with E-state index in [0.717, 1.165) is 29.4 Å². The summed E-state index contributed by atoms with van der Waals surface area (Å²) < 4.78 is 5.58. The Morgan fingerprint density at radius 2 is 2.00 bits per heavy atom. The van der Waals surface area contributed by atoms with Gasteiger partial charge in [0.25, 0.3) is 0 Å². The number of nitrogen functional groups attached to an aromatic ring is 1. The van der Waals surface area contributed by atoms with Gasteiger partial charge in [-0.25, -0.2) is 0 Å². The average Bonchev–Trinajstić information content (AvgIpc) is 2.37. The fourth-order valence-corrected chi connectivity index (χ4v) is 1.58. The second-order valence-electron chi connectivity index (χ2n) is 4.03. The summed E-state index contributed by atoms with van der Waals surface area (Å²) in [6.45, 7) is 3.31. The Morgan fingerprint density at radius 1 is 1.22 bits per heavy atom. The van der Waals surface area contributed by atoms with Gasteiger partial charge in [0.15, 0.2) is 0 Å². The average molecular weight is 243 g/mol. The minimum atomic E-state index is 0.602. The highest BCUT2D eigenvalue weighted by molar-refractivity contribution is 5.43. The van der Waals surface area contributed by atoms with Gasteiger partial charge in [0.05, 0.1) is 0 Å². The topological polar surface area (TPSA) is 60.2 Å². The molecule has 0 aliphatic carbocycles. The van der Waals surface area contributed by atoms with Crippen LogP contribution in [-0.4, -0.2) is 18.1 Å². The van der Waals surface area contributed by atoms with E-state index in [1.165, 1.54) is 0 Å². The highest BCUT2D eigenvalue weighted by Crippen LogP contribution is 2.13. The smallest absolute Gasteiger partial charge is 0.119 e. The van der Waals surface area contributed by atoms with Gasteiger partial charge in [-0.05, 0) is 43.3 Å². The van der Waals surface area contributed by atoms with Gasteiger partial charge >= 0.3 is 0 Å². The Kier molecular flexibility index (Phi) is 4.02. The Morgan fingerprint density at radius 3 is 2.72 bits per heavy atom. The zero-order valence-electron chi connectivity index (χ0n) is 10.4. The first-order valence-electron chi connectivity index (χ1n) is 5.89. The molecule has 1 aromatic heterocycles. The lowest BCUT2D eigenvalue weighted by Crippen LogP contribution is -2.11. The fourth-order valence-electron chi connectivity index (χ4n) is 1.58. The largest absolute Gasteiger partial charge is 0.492 e. The SMILES string of the molecule is Cc1cc(NCCOc2ccc(N)cc2)ccn1. The number of nitrogens with one attached hydrogen (secondary N) is 1. The van der Waals surface area contributed by atoms with Crippen LogP contribution in [0.25, 0.3) is 0 Å². The van der Waals surface area contributed by atoms with Gasteiger partial charge in [-0.1, -0.05) is 0 Å². The van der Waals surface area contributed by atoms with Crippen LogP contribution in [0.15, 0.2) is 42.6 Å². The molecular formula is C14H17N3O. The standard InChI is InChI=1S/C14H17N3O/c1-11-10-13(6-7-16-11)17-8-9-18-14-4-2-12(15)3-5-14/h2-7,10H,8-9,15H2,1H3,(H,16,17). The summed E-state index contributed by atoms with van der Waals surface area (Å²) in [5.41, 5.74) is 8.40. The number of ether oxygens (including phenoxy) is 1. The fraction of sp³-hybridized carbons (Fsp3) is 0.214. The monoisotopic (exact) mass is 243 g/mol. The second-order valence-corrected chi connectivity index (χ2v) is 4.03. The van der Waals surface area contributed by atoms with Crippen molar-refractivity contribution in [2.45, 2.75) is 6.92 Å². The van der Waals surface area contributed by atoms with Crippen LogP contribution in [0, 0.1) is 6.92 Å². The molecular weight excluding hydrogens is 226 g/mol. The highest BCUT2D eigenvalue weighted by atomic mass is 16.5. The number of anilines is 2. The van der Waals surface area contributed by atoms with Gasteiger partial charge in [-0.15, -0.1) is 0 Å². The maximum Gasteiger partial charge on any atom is 0.119 e. The van der Waals surface area contributed by atoms with E-state index < -0.39 is 0 Å². The van der Waals surface area contributed by atoms with Crippen molar-refractivity contribution < 1.29 is 4.74 Å². The van der Waals surface area contributed by atoms with E-state index in [-0.39, 0.29) is 0 Å². The van der Waals surface area contributed by atoms with Crippen molar-refractivity contribution in [1.82, 2.24) is 4.98 Å². The predicted octanol–water partition coefficient (Wildman–Crippen LogP) is 2.46. The summed E-state index contributed by atoms with van der Waals surface area (Å²) in [5.74, 6) is 0.830. The number of nitrogens with two attached hydrogens (primary N) is 1. The number of aryl methyl sites for hydroxylation is 1. The van der Waals surface area contributed by atoms with Crippen LogP contribution in [0.5, 0.6) is 5.75 Å². The number of pyridine rings is 1. The first kappa shape index (κ1) is 12.2. The van der Waals surface area contributed by atoms with Gasteiger partial charge < -0.3 is 15.8 Å². The molecule has 0 atom stereocenters. The van der Waals surface area contributed by atoms with E-state index in [0.29, 0.717) is 6.61 Å². The number of hydrogen-bond donors (Lipinski definition) is 2. The van der Waals surface area contributed by atoms with E-state index in [4.69, 9.17) is 10.5 Å². The zero-order valence-corrected chi connectivity index (χ0v) is 10.4. The summed E-state index contributed by atoms with van der Waals surface area (Å²) in [5, 5.41) is 3.28. The summed E-state index contributed by atoms with van der Waals surface area (Å²) in [6.07, 6.45) is 1.79. The van der Waals surface area contributed by atoms with Crippen molar-refractivity contribution in [2.75, 3.05) is 24.2 Å². The lowest BCUT2D eigenvalue weighted by Gasteiger charge is -2.09. The zero-order chi connectivity index (χ0) is 12.8. The molecule has 2 rings (SSSR count). The van der Waals surface area contributed by atoms with Gasteiger partial charge in [0.2, 0.25) is 0 Å². The predicted molar refractivity (Wildman–Crippen MR) is 73.8 cm³/mol. The van der Waals surface area contributed by atoms with Gasteiger partial charge in [0.1, 0.15) is 12.4 Å². The molecule has 4 nitrogen and oxygen atoms in total. The van der Waals surface area contributed by atoms with Crippen molar-refractivity contribution in [3.63, 3.8) is 0 Å². The Bertz CT molecular complexity index is 497. The summed E-state index contributed by atoms with van der Waals surface area (Å²) in [6, 6.07) is 11.3. The van der Waals surface area contributed by atoms with Crippen LogP contribution < -0.4 is 15.8 Å². The van der Waals surface area contributed by atoms with Crippen LogP contribution in [0.1, 0.15) is 5.69 Å². The molecule has 0 fully saturated rings. The number of hydrogen-bond acceptors (Lipinski definition) is 4. The van der Waals surface area contributed by atoms with Crippen molar-refractivity contribution in [3.8, 4) is 5.75 Å². The molecule has 0 bridgehead atoms. The van der Waals surface area contributed by atoms with Crippen LogP contribution in [0.4, 0.5) is 11.4 Å². The number of aromatic nitrogens is 1. The molecule has 2 aromatic rings. The first-order valence-corrected chi connectivity index (χ1v) is 5.89. The highest BCUT2D eigenvalue weighted by Gasteiger charge is 1.95. The van der Waals surface area contributed by atoms with E-state index in [1.807, 2.05) is 43.3 Å². The summed E-state index contributed by atoms with van der Waals surface area (Å²) in [4.78, 5) is 4.14. The quantitative estimate of drug-likeness (QED) is 0.625. The third-order valence-electron chi connectivity index (χ3n) is 2.48. The third-order valence-corrected chi connectivity index (χ3v) is 2.48. The van der Waals surface area contributed by atoms with Crippen LogP contribution >= 0.6 is 0 Å². The minimum Gasteiger partial charge on any atom is -0.492 e. The van der Waals surface area contributed by atoms with Gasteiger partial charge in [0, 0.05) is 29.8 Å². The number of benzene rings is 1. The lowest BCUT2D eigenvalue weighted by molar-refractivity contribution is 0.333. The van der Waals surface area contributed by atoms with Crippen molar-refractivity contribution in [1.29, 1.82) is 0 Å². The second kappa shape index (κ2) is 5.91. The molecule has 0 aliphatic heterocycles. The summed E-state index contributed by atoms with van der Waals surface area (Å²) in [7, 11) is 0. The molecule has 0 aliphatic rings. The van der Waals surface area contributed by atoms with E-state index in [9.17, 15) is 0 Å². The number of rotatable bonds is 5. The van der Waals surface area contributed by atoms with E-state index >= 15 is 0 Å². The Labute approximate surface area is 107 Å². The molecule has 1 aromatic carbocycles. The molecule has 18 heavy (non-hydrogen) atoms. The van der Waals surface area contributed by atoms with Crippen molar-refractivity contribution in [3.05, 3.63) is 48.3 Å². The van der Waals surface area contributed by atoms with Gasteiger partial charge in [-0.2, -0.15) is 0 Å². The maximum absolute atomic E-state index is 5.60.